The quantitative estimate of drug-likeness (QED) is 0.107. The summed E-state index contributed by atoms with van der Waals surface area (Å²) >= 11 is -0.166. The number of para-hydroxylation sites is 2. The molecule has 3 aromatic heterocycles. The topological polar surface area (TPSA) is 30.7 Å². The van der Waals surface area contributed by atoms with Gasteiger partial charge in [0.15, 0.2) is 0 Å². The molecule has 0 saturated carbocycles. The predicted molar refractivity (Wildman–Crippen MR) is 249 cm³/mol. The van der Waals surface area contributed by atoms with E-state index in [1.165, 1.54) is 49.2 Å². The first kappa shape index (κ1) is 43.5. The molecule has 0 aliphatic heterocycles. The fourth-order valence-corrected chi connectivity index (χ4v) is 12.1. The van der Waals surface area contributed by atoms with Gasteiger partial charge in [0.25, 0.3) is 0 Å². The van der Waals surface area contributed by atoms with Crippen molar-refractivity contribution < 1.29 is 20.1 Å². The minimum absolute atomic E-state index is 0. The molecule has 0 aliphatic carbocycles. The summed E-state index contributed by atoms with van der Waals surface area (Å²) in [6, 6.07) is 44.2. The molecule has 0 aliphatic rings. The van der Waals surface area contributed by atoms with Crippen molar-refractivity contribution in [2.45, 2.75) is 84.0 Å². The second kappa shape index (κ2) is 18.4. The van der Waals surface area contributed by atoms with Crippen molar-refractivity contribution in [2.75, 3.05) is 0 Å². The monoisotopic (exact) mass is 1020 g/mol. The molecule has 0 amide bonds. The van der Waals surface area contributed by atoms with E-state index in [0.717, 1.165) is 40.1 Å². The normalized spacial score (nSPS) is 11.7. The van der Waals surface area contributed by atoms with E-state index in [1.54, 1.807) is 15.7 Å². The Morgan fingerprint density at radius 1 is 0.741 bits per heavy atom. The fourth-order valence-electron chi connectivity index (χ4n) is 7.82. The summed E-state index contributed by atoms with van der Waals surface area (Å²) in [5.74, 6) is 9.65. The van der Waals surface area contributed by atoms with Gasteiger partial charge in [-0.05, 0) is 65.3 Å². The Morgan fingerprint density at radius 3 is 2.05 bits per heavy atom. The third-order valence-corrected chi connectivity index (χ3v) is 16.1. The SMILES string of the molecule is CC(C)Cc1cc(-c2[c-]cccc2)nc[c]1[Ge]([CH3])([CH3])[CH3].Cc1cccc2c(-c3nc4ccccc4n3-c3c(C(C)C)cc(-c4ccccc4)cc3C(C)C)[c-]sc12.[Ir]. The Bertz CT molecular complexity index is 2600. The van der Waals surface area contributed by atoms with Crippen LogP contribution in [0.3, 0.4) is 0 Å². The molecule has 0 saturated heterocycles. The maximum Gasteiger partial charge on any atom is 0.0774 e. The van der Waals surface area contributed by atoms with Crippen LogP contribution in [0.15, 0.2) is 121 Å². The average molecular weight is 1020 g/mol. The van der Waals surface area contributed by atoms with E-state index in [2.05, 4.69) is 185 Å². The molecule has 58 heavy (non-hydrogen) atoms. The smallest absolute Gasteiger partial charge is 0.0774 e. The Balaban J connectivity index is 0.000000230. The molecule has 8 aromatic rings. The minimum atomic E-state index is -1.86. The van der Waals surface area contributed by atoms with Crippen LogP contribution < -0.4 is 4.40 Å². The Hall–Kier alpha value is -4.13. The molecule has 299 valence electrons. The maximum absolute atomic E-state index is 5.23. The van der Waals surface area contributed by atoms with Crippen molar-refractivity contribution in [3.05, 3.63) is 155 Å². The molecule has 8 rings (SSSR count). The number of rotatable bonds is 9. The van der Waals surface area contributed by atoms with Gasteiger partial charge in [-0.1, -0.05) is 103 Å². The number of pyridine rings is 1. The summed E-state index contributed by atoms with van der Waals surface area (Å²) in [7, 11) is 0. The predicted octanol–water partition coefficient (Wildman–Crippen LogP) is 14.2. The number of nitrogens with zero attached hydrogens (tertiary/aromatic N) is 3. The van der Waals surface area contributed by atoms with Gasteiger partial charge in [-0.2, -0.15) is 0 Å². The van der Waals surface area contributed by atoms with Crippen molar-refractivity contribution in [1.82, 2.24) is 14.5 Å². The number of thiophene rings is 1. The molecule has 0 spiro atoms. The molecule has 0 fully saturated rings. The summed E-state index contributed by atoms with van der Waals surface area (Å²) < 4.78 is 5.23. The van der Waals surface area contributed by atoms with E-state index in [0.29, 0.717) is 17.8 Å². The molecule has 0 unspecified atom stereocenters. The van der Waals surface area contributed by atoms with Gasteiger partial charge >= 0.3 is 126 Å². The van der Waals surface area contributed by atoms with Crippen LogP contribution in [0.2, 0.25) is 17.3 Å². The van der Waals surface area contributed by atoms with Gasteiger partial charge in [0.2, 0.25) is 0 Å². The van der Waals surface area contributed by atoms with E-state index in [4.69, 9.17) is 9.97 Å². The van der Waals surface area contributed by atoms with E-state index in [-0.39, 0.29) is 20.1 Å². The summed E-state index contributed by atoms with van der Waals surface area (Å²) in [5.41, 5.74) is 14.6. The van der Waals surface area contributed by atoms with Crippen molar-refractivity contribution >= 4 is 50.1 Å². The summed E-state index contributed by atoms with van der Waals surface area (Å²) in [6.07, 6.45) is 3.27. The minimum Gasteiger partial charge on any atom is -0.333 e. The standard InChI is InChI=1S/C34H31N2S.C18H24GeN.Ir/c1-21(2)27-18-25(24-13-7-6-8-14-24)19-28(22(3)4)32(27)36-31-17-10-9-16-30(31)35-34(36)29-20-37-33-23(5)12-11-15-26(29)33;1-14(2)11-16-12-18(15-9-7-6-8-10-15)20-13-17(16)19(3,4)5;/h6-19,21-22H,1-5H3;6-9,12-14H,11H2,1-5H3;/q2*-1;. The van der Waals surface area contributed by atoms with Gasteiger partial charge in [-0.15, -0.1) is 11.5 Å². The molecule has 0 bridgehead atoms. The van der Waals surface area contributed by atoms with Crippen LogP contribution in [0, 0.1) is 24.3 Å². The van der Waals surface area contributed by atoms with Gasteiger partial charge in [-0.3, -0.25) is 16.3 Å². The molecular formula is C52H55GeIrN3S-2. The maximum atomic E-state index is 5.23. The van der Waals surface area contributed by atoms with Crippen LogP contribution in [0.4, 0.5) is 0 Å². The summed E-state index contributed by atoms with van der Waals surface area (Å²) in [6.45, 7) is 15.9. The Labute approximate surface area is 366 Å². The largest absolute Gasteiger partial charge is 0.333 e. The Kier molecular flexibility index (Phi) is 13.8. The second-order valence-electron chi connectivity index (χ2n) is 17.3. The second-order valence-corrected chi connectivity index (χ2v) is 28.7. The average Bonchev–Trinajstić information content (AvgIpc) is 3.80. The van der Waals surface area contributed by atoms with Crippen LogP contribution in [0.5, 0.6) is 0 Å². The molecule has 5 aromatic carbocycles. The first-order valence-corrected chi connectivity index (χ1v) is 28.6. The number of aryl methyl sites for hydroxylation is 1. The number of fused-ring (bicyclic) bond motifs is 2. The van der Waals surface area contributed by atoms with E-state index in [1.807, 2.05) is 18.2 Å². The van der Waals surface area contributed by atoms with Crippen LogP contribution in [0.1, 0.15) is 75.6 Å². The molecule has 0 atom stereocenters. The molecule has 1 radical (unpaired) electrons. The van der Waals surface area contributed by atoms with Gasteiger partial charge in [-0.25, -0.2) is 0 Å². The van der Waals surface area contributed by atoms with E-state index < -0.39 is 13.3 Å². The van der Waals surface area contributed by atoms with Crippen LogP contribution in [-0.2, 0) is 26.5 Å². The number of aromatic nitrogens is 3. The third kappa shape index (κ3) is 9.19. The van der Waals surface area contributed by atoms with E-state index >= 15 is 0 Å². The van der Waals surface area contributed by atoms with Crippen molar-refractivity contribution in [1.29, 1.82) is 0 Å². The molecule has 6 heteroatoms. The number of hydrogen-bond acceptors (Lipinski definition) is 3. The first-order valence-electron chi connectivity index (χ1n) is 20.4. The number of hydrogen-bond donors (Lipinski definition) is 0. The van der Waals surface area contributed by atoms with Gasteiger partial charge < -0.3 is 4.57 Å². The van der Waals surface area contributed by atoms with Gasteiger partial charge in [0, 0.05) is 25.8 Å². The zero-order valence-electron chi connectivity index (χ0n) is 35.6. The van der Waals surface area contributed by atoms with Crippen LogP contribution in [-0.4, -0.2) is 27.8 Å². The fraction of sp³-hybridized carbons (Fsp3) is 0.269. The molecular weight excluding hydrogens is 963 g/mol. The zero-order chi connectivity index (χ0) is 40.4. The summed E-state index contributed by atoms with van der Waals surface area (Å²) in [5, 5.41) is 4.86. The van der Waals surface area contributed by atoms with Crippen LogP contribution in [0.25, 0.3) is 60.6 Å². The summed E-state index contributed by atoms with van der Waals surface area (Å²) in [4.78, 5) is 9.93. The number of imidazole rings is 1. The third-order valence-electron chi connectivity index (χ3n) is 10.7. The van der Waals surface area contributed by atoms with Crippen LogP contribution >= 0.6 is 11.3 Å². The van der Waals surface area contributed by atoms with E-state index in [9.17, 15) is 0 Å². The van der Waals surface area contributed by atoms with Gasteiger partial charge in [0.1, 0.15) is 0 Å². The zero-order valence-corrected chi connectivity index (χ0v) is 40.9. The van der Waals surface area contributed by atoms with Crippen molar-refractivity contribution in [3.8, 4) is 39.5 Å². The Morgan fingerprint density at radius 2 is 1.41 bits per heavy atom. The molecule has 0 N–H and O–H groups in total. The van der Waals surface area contributed by atoms with Gasteiger partial charge in [0.05, 0.1) is 16.9 Å². The van der Waals surface area contributed by atoms with Crippen molar-refractivity contribution in [3.63, 3.8) is 0 Å². The molecule has 3 nitrogen and oxygen atoms in total. The van der Waals surface area contributed by atoms with Crippen molar-refractivity contribution in [2.24, 2.45) is 5.92 Å². The number of benzene rings is 5. The molecule has 3 heterocycles. The first-order chi connectivity index (χ1) is 27.3.